The Kier molecular flexibility index (Phi) is 4.45. The molecule has 0 saturated carbocycles. The second-order valence-electron chi connectivity index (χ2n) is 6.70. The monoisotopic (exact) mass is 303 g/mol. The van der Waals surface area contributed by atoms with Crippen molar-refractivity contribution in [2.75, 3.05) is 39.9 Å². The fourth-order valence-corrected chi connectivity index (χ4v) is 3.98. The highest BCUT2D eigenvalue weighted by Gasteiger charge is 2.50. The van der Waals surface area contributed by atoms with Gasteiger partial charge in [-0.1, -0.05) is 6.07 Å². The van der Waals surface area contributed by atoms with E-state index in [4.69, 9.17) is 4.74 Å². The number of carbonyl (C=O) groups excluding carboxylic acids is 1. The summed E-state index contributed by atoms with van der Waals surface area (Å²) in [6.45, 7) is 7.07. The maximum absolute atomic E-state index is 11.8. The number of fused-ring (bicyclic) bond motifs is 1. The first-order valence-electron chi connectivity index (χ1n) is 8.00. The molecule has 2 atom stereocenters. The Bertz CT molecular complexity index is 522. The lowest BCUT2D eigenvalue weighted by Crippen LogP contribution is -2.48. The van der Waals surface area contributed by atoms with Crippen LogP contribution in [0.5, 0.6) is 0 Å². The smallest absolute Gasteiger partial charge is 0.219 e. The highest BCUT2D eigenvalue weighted by molar-refractivity contribution is 5.73. The molecule has 22 heavy (non-hydrogen) atoms. The van der Waals surface area contributed by atoms with E-state index >= 15 is 0 Å². The van der Waals surface area contributed by atoms with Gasteiger partial charge in [0.25, 0.3) is 0 Å². The van der Waals surface area contributed by atoms with Crippen molar-refractivity contribution in [3.8, 4) is 0 Å². The Labute approximate surface area is 132 Å². The molecule has 2 saturated heterocycles. The van der Waals surface area contributed by atoms with Crippen molar-refractivity contribution in [1.29, 1.82) is 0 Å². The van der Waals surface area contributed by atoms with Crippen LogP contribution in [-0.4, -0.2) is 60.6 Å². The molecule has 1 aromatic rings. The molecule has 5 heteroatoms. The average molecular weight is 303 g/mol. The van der Waals surface area contributed by atoms with E-state index in [-0.39, 0.29) is 11.3 Å². The zero-order chi connectivity index (χ0) is 15.6. The first-order chi connectivity index (χ1) is 10.6. The van der Waals surface area contributed by atoms with Crippen LogP contribution in [0.15, 0.2) is 24.4 Å². The molecule has 3 rings (SSSR count). The molecule has 5 nitrogen and oxygen atoms in total. The van der Waals surface area contributed by atoms with Crippen molar-refractivity contribution >= 4 is 5.91 Å². The van der Waals surface area contributed by atoms with E-state index < -0.39 is 0 Å². The van der Waals surface area contributed by atoms with E-state index in [9.17, 15) is 4.79 Å². The third kappa shape index (κ3) is 3.01. The van der Waals surface area contributed by atoms with Gasteiger partial charge in [0.1, 0.15) is 0 Å². The number of piperidine rings is 1. The molecular formula is C17H25N3O2. The van der Waals surface area contributed by atoms with E-state index in [1.165, 1.54) is 0 Å². The Morgan fingerprint density at radius 1 is 1.45 bits per heavy atom. The second kappa shape index (κ2) is 6.34. The van der Waals surface area contributed by atoms with E-state index in [1.54, 1.807) is 14.0 Å². The van der Waals surface area contributed by atoms with Crippen LogP contribution in [0.25, 0.3) is 0 Å². The molecule has 120 valence electrons. The van der Waals surface area contributed by atoms with Gasteiger partial charge in [0.2, 0.25) is 5.91 Å². The van der Waals surface area contributed by atoms with Crippen molar-refractivity contribution in [3.05, 3.63) is 30.1 Å². The van der Waals surface area contributed by atoms with Crippen LogP contribution in [0.4, 0.5) is 0 Å². The molecule has 0 radical (unpaired) electrons. The van der Waals surface area contributed by atoms with Crippen LogP contribution < -0.4 is 0 Å². The number of ether oxygens (including phenoxy) is 1. The highest BCUT2D eigenvalue weighted by Crippen LogP contribution is 2.43. The lowest BCUT2D eigenvalue weighted by Gasteiger charge is -2.42. The number of hydrogen-bond acceptors (Lipinski definition) is 4. The number of methoxy groups -OCH3 is 1. The second-order valence-corrected chi connectivity index (χ2v) is 6.70. The van der Waals surface area contributed by atoms with Crippen LogP contribution in [0.1, 0.15) is 19.0 Å². The third-order valence-electron chi connectivity index (χ3n) is 5.21. The lowest BCUT2D eigenvalue weighted by molar-refractivity contribution is -0.128. The zero-order valence-corrected chi connectivity index (χ0v) is 13.5. The Hall–Kier alpha value is -1.46. The van der Waals surface area contributed by atoms with Crippen LogP contribution in [0.3, 0.4) is 0 Å². The minimum atomic E-state index is 0.140. The summed E-state index contributed by atoms with van der Waals surface area (Å²) in [5.74, 6) is 0.676. The molecule has 3 heterocycles. The molecule has 0 bridgehead atoms. The standard InChI is InChI=1S/C17H25N3O2/c1-14(21)20-10-15-9-19(11-16-5-3-4-7-18-16)8-6-17(15,12-20)13-22-2/h3-5,7,15H,6,8-13H2,1-2H3/t15-,17+/m1/s1. The summed E-state index contributed by atoms with van der Waals surface area (Å²) in [5.41, 5.74) is 1.25. The molecule has 2 aliphatic heterocycles. The summed E-state index contributed by atoms with van der Waals surface area (Å²) in [4.78, 5) is 20.7. The largest absolute Gasteiger partial charge is 0.384 e. The minimum Gasteiger partial charge on any atom is -0.384 e. The van der Waals surface area contributed by atoms with Gasteiger partial charge >= 0.3 is 0 Å². The van der Waals surface area contributed by atoms with Gasteiger partial charge in [-0.2, -0.15) is 0 Å². The number of hydrogen-bond donors (Lipinski definition) is 0. The summed E-state index contributed by atoms with van der Waals surface area (Å²) in [6, 6.07) is 6.06. The van der Waals surface area contributed by atoms with Gasteiger partial charge in [0, 0.05) is 51.8 Å². The fraction of sp³-hybridized carbons (Fsp3) is 0.647. The van der Waals surface area contributed by atoms with Crippen LogP contribution in [-0.2, 0) is 16.1 Å². The molecule has 0 aromatic carbocycles. The normalized spacial score (nSPS) is 28.6. The Morgan fingerprint density at radius 2 is 2.32 bits per heavy atom. The van der Waals surface area contributed by atoms with Crippen molar-refractivity contribution in [2.24, 2.45) is 11.3 Å². The summed E-state index contributed by atoms with van der Waals surface area (Å²) >= 11 is 0. The molecule has 2 fully saturated rings. The van der Waals surface area contributed by atoms with Gasteiger partial charge in [-0.15, -0.1) is 0 Å². The third-order valence-corrected chi connectivity index (χ3v) is 5.21. The van der Waals surface area contributed by atoms with Crippen LogP contribution in [0, 0.1) is 11.3 Å². The average Bonchev–Trinajstić information content (AvgIpc) is 2.88. The van der Waals surface area contributed by atoms with Crippen LogP contribution in [0.2, 0.25) is 0 Å². The number of rotatable bonds is 4. The van der Waals surface area contributed by atoms with Gasteiger partial charge in [-0.25, -0.2) is 0 Å². The summed E-state index contributed by atoms with van der Waals surface area (Å²) in [5, 5.41) is 0. The van der Waals surface area contributed by atoms with Crippen LogP contribution >= 0.6 is 0 Å². The fourth-order valence-electron chi connectivity index (χ4n) is 3.98. The SMILES string of the molecule is COC[C@@]12CCN(Cc3ccccn3)C[C@@H]1CN(C(C)=O)C2. The number of amides is 1. The number of nitrogens with zero attached hydrogens (tertiary/aromatic N) is 3. The van der Waals surface area contributed by atoms with E-state index in [2.05, 4.69) is 16.0 Å². The van der Waals surface area contributed by atoms with Gasteiger partial charge < -0.3 is 9.64 Å². The van der Waals surface area contributed by atoms with Crippen molar-refractivity contribution in [2.45, 2.75) is 19.9 Å². The first-order valence-corrected chi connectivity index (χ1v) is 8.00. The molecule has 2 aliphatic rings. The molecule has 0 spiro atoms. The molecule has 1 aromatic heterocycles. The molecule has 1 amide bonds. The van der Waals surface area contributed by atoms with Gasteiger partial charge in [-0.05, 0) is 31.0 Å². The predicted molar refractivity (Wildman–Crippen MR) is 84.2 cm³/mol. The van der Waals surface area contributed by atoms with Gasteiger partial charge in [0.05, 0.1) is 12.3 Å². The number of likely N-dealkylation sites (tertiary alicyclic amines) is 2. The van der Waals surface area contributed by atoms with Crippen molar-refractivity contribution in [1.82, 2.24) is 14.8 Å². The van der Waals surface area contributed by atoms with Crippen molar-refractivity contribution in [3.63, 3.8) is 0 Å². The summed E-state index contributed by atoms with van der Waals surface area (Å²) < 4.78 is 5.50. The van der Waals surface area contributed by atoms with Gasteiger partial charge in [0.15, 0.2) is 0 Å². The van der Waals surface area contributed by atoms with E-state index in [0.29, 0.717) is 5.92 Å². The van der Waals surface area contributed by atoms with E-state index in [1.807, 2.05) is 23.2 Å². The zero-order valence-electron chi connectivity index (χ0n) is 13.5. The molecular weight excluding hydrogens is 278 g/mol. The predicted octanol–water partition coefficient (Wildman–Crippen LogP) is 1.40. The van der Waals surface area contributed by atoms with Crippen molar-refractivity contribution < 1.29 is 9.53 Å². The summed E-state index contributed by atoms with van der Waals surface area (Å²) in [6.07, 6.45) is 2.93. The summed E-state index contributed by atoms with van der Waals surface area (Å²) in [7, 11) is 1.77. The highest BCUT2D eigenvalue weighted by atomic mass is 16.5. The molecule has 0 aliphatic carbocycles. The van der Waals surface area contributed by atoms with E-state index in [0.717, 1.165) is 51.4 Å². The minimum absolute atomic E-state index is 0.140. The Morgan fingerprint density at radius 3 is 3.00 bits per heavy atom. The number of pyridine rings is 1. The maximum atomic E-state index is 11.8. The topological polar surface area (TPSA) is 45.7 Å². The molecule has 0 N–H and O–H groups in total. The van der Waals surface area contributed by atoms with Gasteiger partial charge in [-0.3, -0.25) is 14.7 Å². The first kappa shape index (κ1) is 15.4. The Balaban J connectivity index is 1.69. The lowest BCUT2D eigenvalue weighted by atomic mass is 9.73. The quantitative estimate of drug-likeness (QED) is 0.843. The number of carbonyl (C=O) groups is 1. The molecule has 0 unspecified atom stereocenters. The maximum Gasteiger partial charge on any atom is 0.219 e. The number of aromatic nitrogens is 1.